The predicted octanol–water partition coefficient (Wildman–Crippen LogP) is -3.28. The molecule has 0 saturated heterocycles. The van der Waals surface area contributed by atoms with Gasteiger partial charge in [-0.3, -0.25) is 28.8 Å². The van der Waals surface area contributed by atoms with Crippen LogP contribution in [0.2, 0.25) is 0 Å². The topological polar surface area (TPSA) is 268 Å². The molecular weight excluding hydrogens is 446 g/mol. The van der Waals surface area contributed by atoms with Crippen LogP contribution < -0.4 is 27.4 Å². The molecule has 0 aromatic carbocycles. The molecule has 0 bridgehead atoms. The van der Waals surface area contributed by atoms with Crippen molar-refractivity contribution >= 4 is 41.5 Å². The molecule has 5 atom stereocenters. The highest BCUT2D eigenvalue weighted by molar-refractivity contribution is 5.97. The van der Waals surface area contributed by atoms with Crippen LogP contribution in [0.25, 0.3) is 0 Å². The van der Waals surface area contributed by atoms with Crippen LogP contribution in [0.15, 0.2) is 0 Å². The zero-order valence-corrected chi connectivity index (χ0v) is 18.1. The molecule has 33 heavy (non-hydrogen) atoms. The summed E-state index contributed by atoms with van der Waals surface area (Å²) >= 11 is 0. The van der Waals surface area contributed by atoms with Crippen LogP contribution in [0.5, 0.6) is 0 Å². The molecule has 15 nitrogen and oxygen atoms in total. The van der Waals surface area contributed by atoms with Crippen molar-refractivity contribution in [3.05, 3.63) is 0 Å². The summed E-state index contributed by atoms with van der Waals surface area (Å²) in [7, 11) is 0. The first-order valence-corrected chi connectivity index (χ1v) is 9.80. The van der Waals surface area contributed by atoms with Crippen LogP contribution in [0.1, 0.15) is 39.5 Å². The summed E-state index contributed by atoms with van der Waals surface area (Å²) in [6, 6.07) is -6.28. The maximum atomic E-state index is 12.8. The van der Waals surface area contributed by atoms with Gasteiger partial charge < -0.3 is 42.7 Å². The molecule has 0 radical (unpaired) electrons. The highest BCUT2D eigenvalue weighted by Crippen LogP contribution is 2.10. The number of carboxylic acids is 3. The van der Waals surface area contributed by atoms with Gasteiger partial charge in [-0.15, -0.1) is 0 Å². The summed E-state index contributed by atoms with van der Waals surface area (Å²) in [6.07, 6.45) is -2.06. The van der Waals surface area contributed by atoms with E-state index in [4.69, 9.17) is 26.8 Å². The van der Waals surface area contributed by atoms with Crippen molar-refractivity contribution < 1.29 is 48.9 Å². The summed E-state index contributed by atoms with van der Waals surface area (Å²) in [6.45, 7) is 3.26. The number of primary amides is 1. The van der Waals surface area contributed by atoms with Crippen LogP contribution in [-0.2, 0) is 33.6 Å². The van der Waals surface area contributed by atoms with Gasteiger partial charge in [0, 0.05) is 0 Å². The van der Waals surface area contributed by atoms with Crippen molar-refractivity contribution in [2.24, 2.45) is 17.4 Å². The maximum absolute atomic E-state index is 12.8. The number of carbonyl (C=O) groups excluding carboxylic acids is 4. The second-order valence-electron chi connectivity index (χ2n) is 7.31. The minimum absolute atomic E-state index is 0.360. The summed E-state index contributed by atoms with van der Waals surface area (Å²) in [5.74, 6) is -9.16. The molecule has 0 aliphatic rings. The highest BCUT2D eigenvalue weighted by Gasteiger charge is 2.33. The average molecular weight is 475 g/mol. The van der Waals surface area contributed by atoms with Gasteiger partial charge in [0.25, 0.3) is 0 Å². The normalized spacial score (nSPS) is 15.1. The Hall–Kier alpha value is -3.75. The van der Waals surface area contributed by atoms with Crippen molar-refractivity contribution in [3.8, 4) is 0 Å². The summed E-state index contributed by atoms with van der Waals surface area (Å²) < 4.78 is 0. The number of aliphatic carboxylic acids is 3. The third-order valence-corrected chi connectivity index (χ3v) is 4.56. The summed E-state index contributed by atoms with van der Waals surface area (Å²) in [5, 5.41) is 33.0. The number of hydrogen-bond acceptors (Lipinski definition) is 8. The number of nitrogens with two attached hydrogens (primary N) is 2. The van der Waals surface area contributed by atoms with E-state index in [1.807, 2.05) is 5.32 Å². The lowest BCUT2D eigenvalue weighted by Gasteiger charge is -2.27. The number of amides is 4. The lowest BCUT2D eigenvalue weighted by Crippen LogP contribution is -2.59. The monoisotopic (exact) mass is 475 g/mol. The first-order chi connectivity index (χ1) is 15.2. The van der Waals surface area contributed by atoms with E-state index in [-0.39, 0.29) is 0 Å². The predicted molar refractivity (Wildman–Crippen MR) is 109 cm³/mol. The van der Waals surface area contributed by atoms with Crippen molar-refractivity contribution in [2.45, 2.75) is 63.7 Å². The zero-order chi connectivity index (χ0) is 25.9. The fourth-order valence-corrected chi connectivity index (χ4v) is 2.56. The third kappa shape index (κ3) is 10.9. The summed E-state index contributed by atoms with van der Waals surface area (Å²) in [5.41, 5.74) is 10.6. The van der Waals surface area contributed by atoms with E-state index in [1.165, 1.54) is 0 Å². The number of carbonyl (C=O) groups is 7. The lowest BCUT2D eigenvalue weighted by molar-refractivity contribution is -0.147. The molecule has 0 aromatic rings. The Kier molecular flexibility index (Phi) is 12.1. The lowest BCUT2D eigenvalue weighted by atomic mass is 9.97. The van der Waals surface area contributed by atoms with Crippen LogP contribution in [0.3, 0.4) is 0 Å². The number of nitrogens with one attached hydrogen (secondary N) is 3. The molecule has 0 rings (SSSR count). The Morgan fingerprint density at radius 2 is 1.27 bits per heavy atom. The molecule has 15 heteroatoms. The molecule has 0 heterocycles. The van der Waals surface area contributed by atoms with Crippen LogP contribution in [0, 0.1) is 5.92 Å². The Morgan fingerprint density at radius 3 is 1.70 bits per heavy atom. The highest BCUT2D eigenvalue weighted by atomic mass is 16.4. The number of rotatable bonds is 15. The van der Waals surface area contributed by atoms with Crippen LogP contribution in [0.4, 0.5) is 0 Å². The maximum Gasteiger partial charge on any atom is 0.326 e. The molecule has 5 unspecified atom stereocenters. The van der Waals surface area contributed by atoms with Gasteiger partial charge >= 0.3 is 17.9 Å². The Bertz CT molecular complexity index is 787. The van der Waals surface area contributed by atoms with E-state index in [1.54, 1.807) is 13.8 Å². The smallest absolute Gasteiger partial charge is 0.326 e. The van der Waals surface area contributed by atoms with E-state index in [9.17, 15) is 33.6 Å². The average Bonchev–Trinajstić information content (AvgIpc) is 2.68. The van der Waals surface area contributed by atoms with Crippen molar-refractivity contribution in [3.63, 3.8) is 0 Å². The quantitative estimate of drug-likeness (QED) is 0.116. The molecule has 0 fully saturated rings. The van der Waals surface area contributed by atoms with Gasteiger partial charge in [0.05, 0.1) is 25.3 Å². The first kappa shape index (κ1) is 29.2. The molecule has 10 N–H and O–H groups in total. The van der Waals surface area contributed by atoms with E-state index >= 15 is 0 Å². The van der Waals surface area contributed by atoms with Gasteiger partial charge in [-0.1, -0.05) is 20.3 Å². The molecule has 186 valence electrons. The van der Waals surface area contributed by atoms with Crippen molar-refractivity contribution in [2.75, 3.05) is 0 Å². The fourth-order valence-electron chi connectivity index (χ4n) is 2.56. The van der Waals surface area contributed by atoms with Gasteiger partial charge in [-0.25, -0.2) is 4.79 Å². The van der Waals surface area contributed by atoms with Gasteiger partial charge in [0.1, 0.15) is 18.1 Å². The zero-order valence-electron chi connectivity index (χ0n) is 18.1. The molecule has 4 amide bonds. The minimum atomic E-state index is -1.85. The molecule has 0 aromatic heterocycles. The SMILES string of the molecule is CCC(C)C(NC(=O)C(N)CC(=O)O)C(=O)NC(CC(N)=O)C(=O)NC(CC(=O)O)C(=O)O. The van der Waals surface area contributed by atoms with Crippen LogP contribution in [-0.4, -0.2) is 81.0 Å². The molecule has 0 spiro atoms. The van der Waals surface area contributed by atoms with Crippen molar-refractivity contribution in [1.82, 2.24) is 16.0 Å². The number of hydrogen-bond donors (Lipinski definition) is 8. The Morgan fingerprint density at radius 1 is 0.758 bits per heavy atom. The van der Waals surface area contributed by atoms with E-state index in [0.717, 1.165) is 0 Å². The van der Waals surface area contributed by atoms with Crippen molar-refractivity contribution in [1.29, 1.82) is 0 Å². The minimum Gasteiger partial charge on any atom is -0.481 e. The third-order valence-electron chi connectivity index (χ3n) is 4.56. The molecule has 0 aliphatic carbocycles. The van der Waals surface area contributed by atoms with Gasteiger partial charge in [0.15, 0.2) is 0 Å². The molecule has 0 saturated carbocycles. The molecule has 0 aliphatic heterocycles. The van der Waals surface area contributed by atoms with E-state index < -0.39 is 90.9 Å². The van der Waals surface area contributed by atoms with E-state index in [0.29, 0.717) is 6.42 Å². The van der Waals surface area contributed by atoms with E-state index in [2.05, 4.69) is 10.6 Å². The second-order valence-corrected chi connectivity index (χ2v) is 7.31. The Labute approximate surface area is 188 Å². The largest absolute Gasteiger partial charge is 0.481 e. The molecular formula is C18H29N5O10. The van der Waals surface area contributed by atoms with Gasteiger partial charge in [0.2, 0.25) is 23.6 Å². The standard InChI is InChI=1S/C18H29N5O10/c1-3-7(2)14(23-15(29)8(19)4-12(25)26)17(31)21-9(5-11(20)24)16(30)22-10(18(32)33)6-13(27)28/h7-10,14H,3-6,19H2,1-2H3,(H2,20,24)(H,21,31)(H,22,30)(H,23,29)(H,25,26)(H,27,28)(H,32,33). The van der Waals surface area contributed by atoms with Gasteiger partial charge in [-0.2, -0.15) is 0 Å². The first-order valence-electron chi connectivity index (χ1n) is 9.80. The van der Waals surface area contributed by atoms with Gasteiger partial charge in [-0.05, 0) is 5.92 Å². The number of carboxylic acid groups (broad SMARTS) is 3. The van der Waals surface area contributed by atoms with Crippen LogP contribution >= 0.6 is 0 Å². The Balaban J connectivity index is 5.61. The summed E-state index contributed by atoms with van der Waals surface area (Å²) in [4.78, 5) is 81.5. The second kappa shape index (κ2) is 13.6. The fraction of sp³-hybridized carbons (Fsp3) is 0.611.